The molecule has 0 aliphatic rings. The van der Waals surface area contributed by atoms with Gasteiger partial charge in [-0.1, -0.05) is 0 Å². The van der Waals surface area contributed by atoms with Gasteiger partial charge in [0.05, 0.1) is 19.4 Å². The lowest BCUT2D eigenvalue weighted by molar-refractivity contribution is -0.282. The fourth-order valence-corrected chi connectivity index (χ4v) is 1.10. The molecule has 0 aliphatic carbocycles. The van der Waals surface area contributed by atoms with Gasteiger partial charge < -0.3 is 10.2 Å². The molecule has 0 bridgehead atoms. The minimum atomic E-state index is -0.191. The molecule has 0 unspecified atom stereocenters. The van der Waals surface area contributed by atoms with E-state index in [1.807, 2.05) is 0 Å². The van der Waals surface area contributed by atoms with Crippen molar-refractivity contribution in [3.63, 3.8) is 0 Å². The van der Waals surface area contributed by atoms with Crippen molar-refractivity contribution in [1.82, 2.24) is 4.98 Å². The predicted octanol–water partition coefficient (Wildman–Crippen LogP) is 0.666. The van der Waals surface area contributed by atoms with Crippen molar-refractivity contribution < 1.29 is 20.0 Å². The Kier molecular flexibility index (Phi) is 3.82. The lowest BCUT2D eigenvalue weighted by Gasteiger charge is -2.10. The lowest BCUT2D eigenvalue weighted by atomic mass is 10.1. The zero-order chi connectivity index (χ0) is 10.6. The number of hydrogen-bond donors (Lipinski definition) is 2. The van der Waals surface area contributed by atoms with Gasteiger partial charge in [0, 0.05) is 17.3 Å². The second kappa shape index (κ2) is 4.90. The lowest BCUT2D eigenvalue weighted by Crippen LogP contribution is -2.01. The molecule has 0 fully saturated rings. The Hall–Kier alpha value is -1.17. The Balaban J connectivity index is 3.01. The number of aryl methyl sites for hydroxylation is 1. The average molecular weight is 199 g/mol. The topological polar surface area (TPSA) is 71.8 Å². The molecule has 1 aromatic heterocycles. The van der Waals surface area contributed by atoms with E-state index in [0.717, 1.165) is 0 Å². The number of aliphatic hydroxyl groups is 1. The van der Waals surface area contributed by atoms with E-state index in [9.17, 15) is 5.11 Å². The van der Waals surface area contributed by atoms with Crippen LogP contribution in [0.4, 0.5) is 0 Å². The number of rotatable bonds is 4. The van der Waals surface area contributed by atoms with E-state index in [1.165, 1.54) is 13.3 Å². The first kappa shape index (κ1) is 10.9. The molecule has 0 spiro atoms. The molecule has 1 aromatic rings. The third kappa shape index (κ3) is 2.20. The number of nitrogens with zero attached hydrogens (tertiary/aromatic N) is 1. The molecule has 0 radical (unpaired) electrons. The molecular weight excluding hydrogens is 186 g/mol. The standard InChI is InChI=1S/C9H13NO4/c1-6-9(12)8(5-14-13-2)7(4-11)3-10-6/h3,11-12H,4-5H2,1-2H3. The van der Waals surface area contributed by atoms with Crippen LogP contribution < -0.4 is 0 Å². The molecule has 0 saturated carbocycles. The smallest absolute Gasteiger partial charge is 0.142 e. The Morgan fingerprint density at radius 2 is 2.21 bits per heavy atom. The number of hydrogen-bond acceptors (Lipinski definition) is 5. The highest BCUT2D eigenvalue weighted by atomic mass is 17.2. The summed E-state index contributed by atoms with van der Waals surface area (Å²) in [5, 5.41) is 18.6. The molecule has 1 rings (SSSR count). The predicted molar refractivity (Wildman–Crippen MR) is 48.4 cm³/mol. The van der Waals surface area contributed by atoms with Crippen LogP contribution in [0.25, 0.3) is 0 Å². The summed E-state index contributed by atoms with van der Waals surface area (Å²) in [6.45, 7) is 1.57. The largest absolute Gasteiger partial charge is 0.506 e. The fourth-order valence-electron chi connectivity index (χ4n) is 1.10. The molecule has 0 aliphatic heterocycles. The van der Waals surface area contributed by atoms with Gasteiger partial charge in [0.25, 0.3) is 0 Å². The Bertz CT molecular complexity index is 314. The molecule has 0 aromatic carbocycles. The Morgan fingerprint density at radius 1 is 1.50 bits per heavy atom. The van der Waals surface area contributed by atoms with Crippen molar-refractivity contribution in [2.45, 2.75) is 20.1 Å². The van der Waals surface area contributed by atoms with Crippen LogP contribution in [-0.2, 0) is 23.0 Å². The van der Waals surface area contributed by atoms with Gasteiger partial charge in [-0.3, -0.25) is 4.98 Å². The van der Waals surface area contributed by atoms with Crippen LogP contribution in [0.3, 0.4) is 0 Å². The van der Waals surface area contributed by atoms with Crippen LogP contribution in [0.2, 0.25) is 0 Å². The van der Waals surface area contributed by atoms with Gasteiger partial charge in [-0.15, -0.1) is 0 Å². The maximum Gasteiger partial charge on any atom is 0.142 e. The Labute approximate surface area is 81.9 Å². The van der Waals surface area contributed by atoms with Crippen LogP contribution in [0.5, 0.6) is 5.75 Å². The molecule has 0 amide bonds. The molecule has 5 nitrogen and oxygen atoms in total. The summed E-state index contributed by atoms with van der Waals surface area (Å²) in [6, 6.07) is 0. The van der Waals surface area contributed by atoms with Crippen LogP contribution in [0.15, 0.2) is 6.20 Å². The van der Waals surface area contributed by atoms with Crippen LogP contribution >= 0.6 is 0 Å². The maximum absolute atomic E-state index is 9.63. The van der Waals surface area contributed by atoms with Gasteiger partial charge in [-0.2, -0.15) is 0 Å². The van der Waals surface area contributed by atoms with Crippen LogP contribution in [-0.4, -0.2) is 22.3 Å². The minimum Gasteiger partial charge on any atom is -0.506 e. The van der Waals surface area contributed by atoms with Crippen molar-refractivity contribution in [3.05, 3.63) is 23.0 Å². The molecule has 78 valence electrons. The summed E-state index contributed by atoms with van der Waals surface area (Å²) in [4.78, 5) is 13.0. The number of aromatic hydroxyl groups is 1. The minimum absolute atomic E-state index is 0.0357. The van der Waals surface area contributed by atoms with Crippen LogP contribution in [0, 0.1) is 6.92 Å². The molecule has 0 atom stereocenters. The summed E-state index contributed by atoms with van der Waals surface area (Å²) < 4.78 is 0. The van der Waals surface area contributed by atoms with E-state index in [2.05, 4.69) is 9.87 Å². The highest BCUT2D eigenvalue weighted by Crippen LogP contribution is 2.24. The van der Waals surface area contributed by atoms with Gasteiger partial charge in [0.2, 0.25) is 0 Å². The highest BCUT2D eigenvalue weighted by molar-refractivity contribution is 5.39. The number of pyridine rings is 1. The number of aromatic nitrogens is 1. The monoisotopic (exact) mass is 199 g/mol. The Morgan fingerprint density at radius 3 is 2.79 bits per heavy atom. The van der Waals surface area contributed by atoms with E-state index in [1.54, 1.807) is 6.92 Å². The van der Waals surface area contributed by atoms with Crippen molar-refractivity contribution in [3.8, 4) is 5.75 Å². The van der Waals surface area contributed by atoms with Crippen molar-refractivity contribution in [2.24, 2.45) is 0 Å². The van der Waals surface area contributed by atoms with Crippen LogP contribution in [0.1, 0.15) is 16.8 Å². The van der Waals surface area contributed by atoms with E-state index in [-0.39, 0.29) is 19.0 Å². The van der Waals surface area contributed by atoms with Gasteiger partial charge >= 0.3 is 0 Å². The molecule has 2 N–H and O–H groups in total. The first-order valence-corrected chi connectivity index (χ1v) is 4.13. The van der Waals surface area contributed by atoms with E-state index in [4.69, 9.17) is 9.99 Å². The van der Waals surface area contributed by atoms with Gasteiger partial charge in [-0.25, -0.2) is 9.78 Å². The molecular formula is C9H13NO4. The highest BCUT2D eigenvalue weighted by Gasteiger charge is 2.11. The SMILES string of the molecule is COOCc1c(CO)cnc(C)c1O. The first-order chi connectivity index (χ1) is 6.70. The zero-order valence-electron chi connectivity index (χ0n) is 8.15. The molecule has 0 saturated heterocycles. The quantitative estimate of drug-likeness (QED) is 0.550. The normalized spacial score (nSPS) is 10.5. The fraction of sp³-hybridized carbons (Fsp3) is 0.444. The van der Waals surface area contributed by atoms with E-state index < -0.39 is 0 Å². The van der Waals surface area contributed by atoms with Crippen molar-refractivity contribution in [2.75, 3.05) is 7.11 Å². The maximum atomic E-state index is 9.63. The molecule has 14 heavy (non-hydrogen) atoms. The molecule has 5 heteroatoms. The third-order valence-corrected chi connectivity index (χ3v) is 1.92. The first-order valence-electron chi connectivity index (χ1n) is 4.13. The number of aliphatic hydroxyl groups excluding tert-OH is 1. The summed E-state index contributed by atoms with van der Waals surface area (Å²) in [5.74, 6) is 0.0357. The van der Waals surface area contributed by atoms with Crippen molar-refractivity contribution >= 4 is 0 Å². The van der Waals surface area contributed by atoms with Gasteiger partial charge in [0.15, 0.2) is 0 Å². The summed E-state index contributed by atoms with van der Waals surface area (Å²) in [5.41, 5.74) is 1.53. The van der Waals surface area contributed by atoms with E-state index in [0.29, 0.717) is 16.8 Å². The summed E-state index contributed by atoms with van der Waals surface area (Å²) in [6.07, 6.45) is 1.50. The van der Waals surface area contributed by atoms with Crippen molar-refractivity contribution in [1.29, 1.82) is 0 Å². The second-order valence-corrected chi connectivity index (χ2v) is 2.78. The summed E-state index contributed by atoms with van der Waals surface area (Å²) >= 11 is 0. The average Bonchev–Trinajstić information content (AvgIpc) is 2.20. The van der Waals surface area contributed by atoms with Gasteiger partial charge in [0.1, 0.15) is 12.4 Å². The summed E-state index contributed by atoms with van der Waals surface area (Å²) in [7, 11) is 1.38. The zero-order valence-corrected chi connectivity index (χ0v) is 8.15. The van der Waals surface area contributed by atoms with E-state index >= 15 is 0 Å². The van der Waals surface area contributed by atoms with Gasteiger partial charge in [-0.05, 0) is 6.92 Å². The second-order valence-electron chi connectivity index (χ2n) is 2.78. The third-order valence-electron chi connectivity index (χ3n) is 1.92. The molecule has 1 heterocycles.